The largest absolute Gasteiger partial charge is 0.373 e. The van der Waals surface area contributed by atoms with Crippen LogP contribution in [0.1, 0.15) is 11.3 Å². The molecule has 0 aliphatic rings. The number of rotatable bonds is 4. The van der Waals surface area contributed by atoms with E-state index in [1.807, 2.05) is 31.4 Å². The molecular weight excluding hydrogens is 234 g/mol. The summed E-state index contributed by atoms with van der Waals surface area (Å²) in [6, 6.07) is 9.74. The van der Waals surface area contributed by atoms with Crippen molar-refractivity contribution in [2.24, 2.45) is 0 Å². The molecule has 0 aromatic carbocycles. The van der Waals surface area contributed by atoms with Crippen LogP contribution in [0.5, 0.6) is 0 Å². The van der Waals surface area contributed by atoms with Crippen LogP contribution < -0.4 is 5.32 Å². The first kappa shape index (κ1) is 11.9. The maximum atomic E-state index is 5.83. The van der Waals surface area contributed by atoms with Gasteiger partial charge in [0, 0.05) is 18.9 Å². The summed E-state index contributed by atoms with van der Waals surface area (Å²) in [5.41, 5.74) is 2.21. The summed E-state index contributed by atoms with van der Waals surface area (Å²) in [5.74, 6) is 0.884. The molecule has 0 unspecified atom stereocenters. The van der Waals surface area contributed by atoms with Crippen LogP contribution >= 0.6 is 11.6 Å². The van der Waals surface area contributed by atoms with Crippen LogP contribution in [-0.4, -0.2) is 17.0 Å². The van der Waals surface area contributed by atoms with Crippen LogP contribution in [-0.2, 0) is 12.8 Å². The summed E-state index contributed by atoms with van der Waals surface area (Å²) in [5, 5.41) is 3.54. The standard InChI is InChI=1S/C13H14ClN3/c1-15-13-8-6-10(9-16-13)5-7-11-3-2-4-12(14)17-11/h2-4,6,8-9H,5,7H2,1H3,(H,15,16). The van der Waals surface area contributed by atoms with E-state index in [4.69, 9.17) is 11.6 Å². The zero-order chi connectivity index (χ0) is 12.1. The lowest BCUT2D eigenvalue weighted by molar-refractivity contribution is 0.907. The lowest BCUT2D eigenvalue weighted by Crippen LogP contribution is -1.97. The fourth-order valence-corrected chi connectivity index (χ4v) is 1.76. The molecule has 2 aromatic rings. The minimum Gasteiger partial charge on any atom is -0.373 e. The van der Waals surface area contributed by atoms with Gasteiger partial charge in [0.2, 0.25) is 0 Å². The molecule has 1 N–H and O–H groups in total. The number of pyridine rings is 2. The number of hydrogen-bond donors (Lipinski definition) is 1. The molecule has 0 amide bonds. The second kappa shape index (κ2) is 5.64. The Morgan fingerprint density at radius 1 is 1.18 bits per heavy atom. The minimum atomic E-state index is 0.547. The van der Waals surface area contributed by atoms with Crippen molar-refractivity contribution in [3.05, 3.63) is 52.9 Å². The van der Waals surface area contributed by atoms with Crippen molar-refractivity contribution >= 4 is 17.4 Å². The van der Waals surface area contributed by atoms with Gasteiger partial charge in [-0.15, -0.1) is 0 Å². The highest BCUT2D eigenvalue weighted by atomic mass is 35.5. The Hall–Kier alpha value is -1.61. The lowest BCUT2D eigenvalue weighted by atomic mass is 10.1. The number of halogens is 1. The van der Waals surface area contributed by atoms with Crippen molar-refractivity contribution < 1.29 is 0 Å². The highest BCUT2D eigenvalue weighted by Gasteiger charge is 1.99. The van der Waals surface area contributed by atoms with Crippen LogP contribution in [0.2, 0.25) is 5.15 Å². The first-order chi connectivity index (χ1) is 8.28. The average Bonchev–Trinajstić information content (AvgIpc) is 2.37. The molecule has 0 radical (unpaired) electrons. The molecule has 0 saturated carbocycles. The molecule has 0 spiro atoms. The summed E-state index contributed by atoms with van der Waals surface area (Å²) in [4.78, 5) is 8.52. The van der Waals surface area contributed by atoms with Crippen molar-refractivity contribution in [2.75, 3.05) is 12.4 Å². The Bertz CT molecular complexity index is 482. The molecular formula is C13H14ClN3. The topological polar surface area (TPSA) is 37.8 Å². The second-order valence-corrected chi connectivity index (χ2v) is 4.14. The van der Waals surface area contributed by atoms with E-state index in [1.54, 1.807) is 6.07 Å². The van der Waals surface area contributed by atoms with Crippen molar-refractivity contribution in [3.63, 3.8) is 0 Å². The van der Waals surface area contributed by atoms with E-state index >= 15 is 0 Å². The lowest BCUT2D eigenvalue weighted by Gasteiger charge is -2.03. The third-order valence-corrected chi connectivity index (χ3v) is 2.73. The molecule has 0 aliphatic carbocycles. The Morgan fingerprint density at radius 2 is 2.06 bits per heavy atom. The zero-order valence-corrected chi connectivity index (χ0v) is 10.4. The molecule has 88 valence electrons. The fourth-order valence-electron chi connectivity index (χ4n) is 1.58. The third-order valence-electron chi connectivity index (χ3n) is 2.52. The molecule has 0 aliphatic heterocycles. The van der Waals surface area contributed by atoms with Crippen LogP contribution in [0.4, 0.5) is 5.82 Å². The summed E-state index contributed by atoms with van der Waals surface area (Å²) >= 11 is 5.83. The minimum absolute atomic E-state index is 0.547. The normalized spacial score (nSPS) is 10.2. The van der Waals surface area contributed by atoms with E-state index in [0.29, 0.717) is 5.15 Å². The van der Waals surface area contributed by atoms with Gasteiger partial charge in [0.15, 0.2) is 0 Å². The summed E-state index contributed by atoms with van der Waals surface area (Å²) in [6.45, 7) is 0. The predicted molar refractivity (Wildman–Crippen MR) is 70.4 cm³/mol. The third kappa shape index (κ3) is 3.43. The molecule has 0 saturated heterocycles. The van der Waals surface area contributed by atoms with Gasteiger partial charge in [0.25, 0.3) is 0 Å². The Morgan fingerprint density at radius 3 is 2.71 bits per heavy atom. The summed E-state index contributed by atoms with van der Waals surface area (Å²) in [7, 11) is 1.86. The van der Waals surface area contributed by atoms with E-state index < -0.39 is 0 Å². The van der Waals surface area contributed by atoms with E-state index in [0.717, 1.165) is 24.4 Å². The van der Waals surface area contributed by atoms with Crippen LogP contribution in [0.25, 0.3) is 0 Å². The molecule has 2 heterocycles. The van der Waals surface area contributed by atoms with Gasteiger partial charge in [0.1, 0.15) is 11.0 Å². The van der Waals surface area contributed by atoms with Crippen LogP contribution in [0.15, 0.2) is 36.5 Å². The van der Waals surface area contributed by atoms with E-state index in [2.05, 4.69) is 21.4 Å². The molecule has 4 heteroatoms. The van der Waals surface area contributed by atoms with Gasteiger partial charge in [-0.25, -0.2) is 9.97 Å². The second-order valence-electron chi connectivity index (χ2n) is 3.75. The first-order valence-electron chi connectivity index (χ1n) is 5.52. The Balaban J connectivity index is 1.97. The van der Waals surface area contributed by atoms with Gasteiger partial charge in [-0.05, 0) is 36.6 Å². The van der Waals surface area contributed by atoms with Crippen molar-refractivity contribution in [2.45, 2.75) is 12.8 Å². The average molecular weight is 248 g/mol. The number of nitrogens with one attached hydrogen (secondary N) is 1. The molecule has 0 fully saturated rings. The quantitative estimate of drug-likeness (QED) is 0.845. The van der Waals surface area contributed by atoms with Crippen molar-refractivity contribution in [3.8, 4) is 0 Å². The van der Waals surface area contributed by atoms with Gasteiger partial charge in [0.05, 0.1) is 0 Å². The van der Waals surface area contributed by atoms with E-state index in [1.165, 1.54) is 5.56 Å². The van der Waals surface area contributed by atoms with E-state index in [9.17, 15) is 0 Å². The van der Waals surface area contributed by atoms with Crippen LogP contribution in [0.3, 0.4) is 0 Å². The van der Waals surface area contributed by atoms with Crippen LogP contribution in [0, 0.1) is 0 Å². The molecule has 3 nitrogen and oxygen atoms in total. The number of aromatic nitrogens is 2. The van der Waals surface area contributed by atoms with Gasteiger partial charge in [-0.2, -0.15) is 0 Å². The smallest absolute Gasteiger partial charge is 0.129 e. The number of hydrogen-bond acceptors (Lipinski definition) is 3. The highest BCUT2D eigenvalue weighted by molar-refractivity contribution is 6.29. The van der Waals surface area contributed by atoms with Crippen molar-refractivity contribution in [1.29, 1.82) is 0 Å². The van der Waals surface area contributed by atoms with Crippen molar-refractivity contribution in [1.82, 2.24) is 9.97 Å². The predicted octanol–water partition coefficient (Wildman–Crippen LogP) is 2.96. The monoisotopic (exact) mass is 247 g/mol. The van der Waals surface area contributed by atoms with Gasteiger partial charge in [-0.3, -0.25) is 0 Å². The summed E-state index contributed by atoms with van der Waals surface area (Å²) < 4.78 is 0. The molecule has 2 aromatic heterocycles. The highest BCUT2D eigenvalue weighted by Crippen LogP contribution is 2.10. The Labute approximate surface area is 106 Å². The fraction of sp³-hybridized carbons (Fsp3) is 0.231. The first-order valence-corrected chi connectivity index (χ1v) is 5.90. The van der Waals surface area contributed by atoms with Gasteiger partial charge < -0.3 is 5.32 Å². The number of nitrogens with zero attached hydrogens (tertiary/aromatic N) is 2. The SMILES string of the molecule is CNc1ccc(CCc2cccc(Cl)n2)cn1. The number of anilines is 1. The zero-order valence-electron chi connectivity index (χ0n) is 9.65. The van der Waals surface area contributed by atoms with E-state index in [-0.39, 0.29) is 0 Å². The molecule has 0 atom stereocenters. The molecule has 17 heavy (non-hydrogen) atoms. The Kier molecular flexibility index (Phi) is 3.94. The maximum Gasteiger partial charge on any atom is 0.129 e. The molecule has 0 bridgehead atoms. The van der Waals surface area contributed by atoms with Gasteiger partial charge in [-0.1, -0.05) is 23.7 Å². The van der Waals surface area contributed by atoms with Gasteiger partial charge >= 0.3 is 0 Å². The summed E-state index contributed by atoms with van der Waals surface area (Å²) in [6.07, 6.45) is 3.68. The molecule has 2 rings (SSSR count). The maximum absolute atomic E-state index is 5.83. The number of aryl methyl sites for hydroxylation is 2.